The Morgan fingerprint density at radius 3 is 1.52 bits per heavy atom. The lowest BCUT2D eigenvalue weighted by atomic mass is 9.64. The summed E-state index contributed by atoms with van der Waals surface area (Å²) in [5, 5.41) is 2.33. The minimum atomic E-state index is -3.79. The molecule has 12 rings (SSSR count). The molecule has 11 aromatic rings. The molecule has 7 heteroatoms. The van der Waals surface area contributed by atoms with E-state index in [9.17, 15) is 8.42 Å². The summed E-state index contributed by atoms with van der Waals surface area (Å²) in [5.74, 6) is 1.70. The molecular weight excluding hydrogens is 817 g/mol. The lowest BCUT2D eigenvalue weighted by Gasteiger charge is -2.41. The van der Waals surface area contributed by atoms with Crippen LogP contribution in [0.5, 0.6) is 0 Å². The molecule has 2 aromatic heterocycles. The van der Waals surface area contributed by atoms with Gasteiger partial charge in [0, 0.05) is 33.2 Å². The summed E-state index contributed by atoms with van der Waals surface area (Å²) in [7, 11) is -3.79. The molecule has 65 heavy (non-hydrogen) atoms. The molecule has 0 radical (unpaired) electrons. The fourth-order valence-electron chi connectivity index (χ4n) is 9.85. The van der Waals surface area contributed by atoms with Crippen LogP contribution in [0, 0.1) is 0 Å². The van der Waals surface area contributed by atoms with Crippen molar-refractivity contribution in [3.05, 3.63) is 253 Å². The second kappa shape index (κ2) is 15.2. The zero-order valence-electron chi connectivity index (χ0n) is 35.0. The number of benzene rings is 9. The SMILES string of the molecule is O=S1(=O)c2ccccc2C(c2ccccc2)(c2cccc(-c3cccc(-c4nc(-c5ccccc5)nc(-c5ccc6c7ccccc7n(-c7ccccc7)c6c5)n4)c3)c2)c2ccccc21. The standard InChI is InChI=1S/C58H38N4O2S/c63-65(64)53-32-14-11-29-49(53)58(44-23-6-2-7-24-44,50-30-12-15-33-54(50)65)45-25-17-21-41(37-45)40-20-16-22-42(36-40)56-59-55(39-18-4-1-5-19-39)60-57(61-56)43-34-35-48-47-28-10-13-31-51(47)62(52(48)38-43)46-26-8-3-9-27-46/h1-38H. The van der Waals surface area contributed by atoms with Gasteiger partial charge in [0.05, 0.1) is 26.2 Å². The molecule has 9 aromatic carbocycles. The third kappa shape index (κ3) is 6.15. The van der Waals surface area contributed by atoms with Crippen LogP contribution in [0.1, 0.15) is 22.3 Å². The van der Waals surface area contributed by atoms with Crippen molar-refractivity contribution in [3.8, 4) is 51.0 Å². The highest BCUT2D eigenvalue weighted by molar-refractivity contribution is 7.91. The van der Waals surface area contributed by atoms with Crippen LogP contribution in [0.25, 0.3) is 72.8 Å². The summed E-state index contributed by atoms with van der Waals surface area (Å²) in [6, 6.07) is 77.3. The summed E-state index contributed by atoms with van der Waals surface area (Å²) in [6.07, 6.45) is 0. The lowest BCUT2D eigenvalue weighted by Crippen LogP contribution is -2.37. The van der Waals surface area contributed by atoms with Gasteiger partial charge in [0.15, 0.2) is 17.5 Å². The zero-order chi connectivity index (χ0) is 43.5. The van der Waals surface area contributed by atoms with E-state index < -0.39 is 15.3 Å². The average molecular weight is 855 g/mol. The molecule has 0 amide bonds. The largest absolute Gasteiger partial charge is 0.309 e. The molecule has 0 N–H and O–H groups in total. The maximum atomic E-state index is 14.3. The summed E-state index contributed by atoms with van der Waals surface area (Å²) in [4.78, 5) is 16.1. The number of fused-ring (bicyclic) bond motifs is 5. The van der Waals surface area contributed by atoms with Gasteiger partial charge >= 0.3 is 0 Å². The second-order valence-electron chi connectivity index (χ2n) is 16.4. The van der Waals surface area contributed by atoms with Gasteiger partial charge in [-0.1, -0.05) is 182 Å². The Kier molecular flexibility index (Phi) is 9.00. The number of rotatable bonds is 7. The normalized spacial score (nSPS) is 13.6. The van der Waals surface area contributed by atoms with Crippen LogP contribution in [0.15, 0.2) is 240 Å². The first-order chi connectivity index (χ1) is 32.0. The van der Waals surface area contributed by atoms with Crippen molar-refractivity contribution < 1.29 is 8.42 Å². The molecule has 0 saturated heterocycles. The van der Waals surface area contributed by atoms with Crippen molar-refractivity contribution in [1.82, 2.24) is 19.5 Å². The highest BCUT2D eigenvalue weighted by atomic mass is 32.2. The highest BCUT2D eigenvalue weighted by Crippen LogP contribution is 2.54. The lowest BCUT2D eigenvalue weighted by molar-refractivity contribution is 0.579. The monoisotopic (exact) mass is 854 g/mol. The van der Waals surface area contributed by atoms with Crippen LogP contribution < -0.4 is 0 Å². The molecule has 0 atom stereocenters. The second-order valence-corrected chi connectivity index (χ2v) is 18.3. The Bertz CT molecular complexity index is 3680. The molecule has 0 bridgehead atoms. The number of hydrogen-bond acceptors (Lipinski definition) is 5. The first-order valence-electron chi connectivity index (χ1n) is 21.6. The first kappa shape index (κ1) is 38.4. The number of aromatic nitrogens is 4. The predicted octanol–water partition coefficient (Wildman–Crippen LogP) is 13.2. The van der Waals surface area contributed by atoms with Gasteiger partial charge in [-0.25, -0.2) is 23.4 Å². The maximum absolute atomic E-state index is 14.3. The van der Waals surface area contributed by atoms with E-state index >= 15 is 0 Å². The van der Waals surface area contributed by atoms with E-state index in [1.54, 1.807) is 24.3 Å². The van der Waals surface area contributed by atoms with Gasteiger partial charge in [-0.2, -0.15) is 0 Å². The topological polar surface area (TPSA) is 77.7 Å². The van der Waals surface area contributed by atoms with Crippen molar-refractivity contribution in [1.29, 1.82) is 0 Å². The Morgan fingerprint density at radius 1 is 0.354 bits per heavy atom. The average Bonchev–Trinajstić information content (AvgIpc) is 3.71. The number of sulfone groups is 1. The van der Waals surface area contributed by atoms with Crippen molar-refractivity contribution in [2.75, 3.05) is 0 Å². The molecule has 1 aliphatic rings. The summed E-state index contributed by atoms with van der Waals surface area (Å²) in [6.45, 7) is 0. The molecular formula is C58H38N4O2S. The van der Waals surface area contributed by atoms with Gasteiger partial charge in [0.1, 0.15) is 0 Å². The Morgan fingerprint density at radius 2 is 0.831 bits per heavy atom. The number of para-hydroxylation sites is 2. The summed E-state index contributed by atoms with van der Waals surface area (Å²) < 4.78 is 30.9. The number of nitrogens with zero attached hydrogens (tertiary/aromatic N) is 4. The summed E-state index contributed by atoms with van der Waals surface area (Å²) >= 11 is 0. The molecule has 6 nitrogen and oxygen atoms in total. The minimum Gasteiger partial charge on any atom is -0.309 e. The van der Waals surface area contributed by atoms with Crippen molar-refractivity contribution in [3.63, 3.8) is 0 Å². The summed E-state index contributed by atoms with van der Waals surface area (Å²) in [5.41, 5.74) is 10.3. The van der Waals surface area contributed by atoms with Crippen LogP contribution in [0.2, 0.25) is 0 Å². The smallest absolute Gasteiger partial charge is 0.207 e. The van der Waals surface area contributed by atoms with Gasteiger partial charge in [-0.15, -0.1) is 0 Å². The zero-order valence-corrected chi connectivity index (χ0v) is 35.8. The van der Waals surface area contributed by atoms with E-state index in [-0.39, 0.29) is 0 Å². The fraction of sp³-hybridized carbons (Fsp3) is 0.0172. The van der Waals surface area contributed by atoms with Gasteiger partial charge in [-0.3, -0.25) is 0 Å². The third-order valence-electron chi connectivity index (χ3n) is 12.7. The fourth-order valence-corrected chi connectivity index (χ4v) is 11.6. The molecule has 0 saturated carbocycles. The van der Waals surface area contributed by atoms with E-state index in [1.165, 1.54) is 5.39 Å². The Labute approximate surface area is 376 Å². The van der Waals surface area contributed by atoms with E-state index in [0.29, 0.717) is 27.3 Å². The van der Waals surface area contributed by atoms with Crippen LogP contribution in [0.3, 0.4) is 0 Å². The van der Waals surface area contributed by atoms with Crippen molar-refractivity contribution >= 4 is 31.6 Å². The van der Waals surface area contributed by atoms with Gasteiger partial charge in [-0.05, 0) is 81.9 Å². The highest BCUT2D eigenvalue weighted by Gasteiger charge is 2.48. The van der Waals surface area contributed by atoms with E-state index in [1.807, 2.05) is 91.0 Å². The number of hydrogen-bond donors (Lipinski definition) is 0. The van der Waals surface area contributed by atoms with Crippen LogP contribution in [-0.4, -0.2) is 27.9 Å². The molecule has 0 spiro atoms. The van der Waals surface area contributed by atoms with Crippen molar-refractivity contribution in [2.24, 2.45) is 0 Å². The van der Waals surface area contributed by atoms with E-state index in [0.717, 1.165) is 72.2 Å². The maximum Gasteiger partial charge on any atom is 0.207 e. The molecule has 0 unspecified atom stereocenters. The van der Waals surface area contributed by atoms with Gasteiger partial charge in [0.25, 0.3) is 0 Å². The van der Waals surface area contributed by atoms with Crippen LogP contribution in [-0.2, 0) is 15.3 Å². The molecule has 1 aliphatic heterocycles. The molecule has 0 aliphatic carbocycles. The minimum absolute atomic E-state index is 0.315. The Hall–Kier alpha value is -8.26. The van der Waals surface area contributed by atoms with Crippen LogP contribution in [0.4, 0.5) is 0 Å². The third-order valence-corrected chi connectivity index (χ3v) is 14.6. The van der Waals surface area contributed by atoms with Crippen LogP contribution >= 0.6 is 0 Å². The quantitative estimate of drug-likeness (QED) is 0.160. The van der Waals surface area contributed by atoms with Gasteiger partial charge < -0.3 is 4.57 Å². The molecule has 308 valence electrons. The molecule has 0 fully saturated rings. The van der Waals surface area contributed by atoms with Gasteiger partial charge in [0.2, 0.25) is 9.84 Å². The van der Waals surface area contributed by atoms with E-state index in [2.05, 4.69) is 120 Å². The molecule has 3 heterocycles. The first-order valence-corrected chi connectivity index (χ1v) is 23.1. The Balaban J connectivity index is 1.02. The predicted molar refractivity (Wildman–Crippen MR) is 260 cm³/mol. The van der Waals surface area contributed by atoms with E-state index in [4.69, 9.17) is 15.0 Å². The van der Waals surface area contributed by atoms with Crippen molar-refractivity contribution in [2.45, 2.75) is 15.2 Å².